The van der Waals surface area contributed by atoms with Crippen LogP contribution >= 0.6 is 0 Å². The lowest BCUT2D eigenvalue weighted by atomic mass is 9.90. The molecular weight excluding hydrogens is 326 g/mol. The van der Waals surface area contributed by atoms with Crippen molar-refractivity contribution in [2.45, 2.75) is 77.2 Å². The van der Waals surface area contributed by atoms with Gasteiger partial charge >= 0.3 is 5.97 Å². The molecule has 4 heteroatoms. The average molecular weight is 362 g/mol. The fourth-order valence-electron chi connectivity index (χ4n) is 4.11. The van der Waals surface area contributed by atoms with Gasteiger partial charge in [-0.15, -0.1) is 0 Å². The Hall–Kier alpha value is -1.39. The largest absolute Gasteiger partial charge is 0.460 e. The highest BCUT2D eigenvalue weighted by Gasteiger charge is 2.36. The number of hydrogen-bond acceptors (Lipinski definition) is 4. The molecule has 2 unspecified atom stereocenters. The zero-order chi connectivity index (χ0) is 19.2. The van der Waals surface area contributed by atoms with E-state index in [1.54, 1.807) is 7.11 Å². The molecule has 4 nitrogen and oxygen atoms in total. The van der Waals surface area contributed by atoms with Crippen molar-refractivity contribution < 1.29 is 14.3 Å². The van der Waals surface area contributed by atoms with Crippen LogP contribution in [0.1, 0.15) is 58.4 Å². The van der Waals surface area contributed by atoms with Crippen molar-refractivity contribution in [3.63, 3.8) is 0 Å². The molecule has 1 aromatic carbocycles. The first kappa shape index (κ1) is 20.9. The number of methoxy groups -OCH3 is 1. The van der Waals surface area contributed by atoms with Gasteiger partial charge < -0.3 is 9.47 Å². The molecule has 0 saturated heterocycles. The van der Waals surface area contributed by atoms with E-state index in [-0.39, 0.29) is 18.1 Å². The molecular formula is C22H35NO3. The third-order valence-electron chi connectivity index (χ3n) is 5.14. The Balaban J connectivity index is 2.11. The summed E-state index contributed by atoms with van der Waals surface area (Å²) in [4.78, 5) is 14.8. The van der Waals surface area contributed by atoms with Gasteiger partial charge in [0.25, 0.3) is 0 Å². The standard InChI is InChI=1S/C22H35NO3/c1-22(2,3)26-20(24)15-19(25-5)21(18-13-9-10-14-18)23(4)16-17-11-7-6-8-12-17/h6-8,11-12,18-19,21H,9-10,13-16H2,1-5H3. The van der Waals surface area contributed by atoms with Crippen molar-refractivity contribution in [2.75, 3.05) is 14.2 Å². The van der Waals surface area contributed by atoms with Crippen LogP contribution in [-0.2, 0) is 20.8 Å². The third-order valence-corrected chi connectivity index (χ3v) is 5.14. The highest BCUT2D eigenvalue weighted by Crippen LogP contribution is 2.34. The van der Waals surface area contributed by atoms with Gasteiger partial charge in [0.05, 0.1) is 12.5 Å². The minimum absolute atomic E-state index is 0.151. The van der Waals surface area contributed by atoms with Crippen LogP contribution in [0, 0.1) is 5.92 Å². The van der Waals surface area contributed by atoms with Crippen molar-refractivity contribution in [2.24, 2.45) is 5.92 Å². The Morgan fingerprint density at radius 1 is 1.19 bits per heavy atom. The van der Waals surface area contributed by atoms with Gasteiger partial charge in [0.15, 0.2) is 0 Å². The lowest BCUT2D eigenvalue weighted by molar-refractivity contribution is -0.159. The predicted octanol–water partition coefficient (Wildman–Crippen LogP) is 4.42. The molecule has 0 N–H and O–H groups in total. The summed E-state index contributed by atoms with van der Waals surface area (Å²) < 4.78 is 11.4. The fourth-order valence-corrected chi connectivity index (χ4v) is 4.11. The molecule has 0 radical (unpaired) electrons. The molecule has 0 bridgehead atoms. The highest BCUT2D eigenvalue weighted by atomic mass is 16.6. The van der Waals surface area contributed by atoms with Crippen LogP contribution in [0.2, 0.25) is 0 Å². The van der Waals surface area contributed by atoms with Gasteiger partial charge in [0.2, 0.25) is 0 Å². The van der Waals surface area contributed by atoms with Crippen LogP contribution in [0.3, 0.4) is 0 Å². The van der Waals surface area contributed by atoms with E-state index < -0.39 is 5.60 Å². The first-order chi connectivity index (χ1) is 12.3. The molecule has 0 spiro atoms. The zero-order valence-electron chi connectivity index (χ0n) is 17.0. The quantitative estimate of drug-likeness (QED) is 0.642. The molecule has 1 fully saturated rings. The second-order valence-electron chi connectivity index (χ2n) is 8.50. The van der Waals surface area contributed by atoms with E-state index in [4.69, 9.17) is 9.47 Å². The molecule has 2 atom stereocenters. The summed E-state index contributed by atoms with van der Waals surface area (Å²) in [6.07, 6.45) is 5.10. The molecule has 2 rings (SSSR count). The summed E-state index contributed by atoms with van der Waals surface area (Å²) in [7, 11) is 3.87. The smallest absolute Gasteiger partial charge is 0.309 e. The maximum Gasteiger partial charge on any atom is 0.309 e. The van der Waals surface area contributed by atoms with E-state index in [1.165, 1.54) is 31.2 Å². The van der Waals surface area contributed by atoms with Crippen LogP contribution in [-0.4, -0.2) is 42.8 Å². The van der Waals surface area contributed by atoms with Crippen molar-refractivity contribution in [1.82, 2.24) is 4.90 Å². The van der Waals surface area contributed by atoms with Crippen molar-refractivity contribution in [3.8, 4) is 0 Å². The molecule has 146 valence electrons. The van der Waals surface area contributed by atoms with Crippen molar-refractivity contribution in [1.29, 1.82) is 0 Å². The van der Waals surface area contributed by atoms with Gasteiger partial charge in [-0.05, 0) is 52.1 Å². The highest BCUT2D eigenvalue weighted by molar-refractivity contribution is 5.70. The Morgan fingerprint density at radius 2 is 1.81 bits per heavy atom. The van der Waals surface area contributed by atoms with Gasteiger partial charge in [-0.25, -0.2) is 0 Å². The molecule has 0 aliphatic heterocycles. The Bertz CT molecular complexity index is 546. The van der Waals surface area contributed by atoms with Gasteiger partial charge in [-0.3, -0.25) is 9.69 Å². The molecule has 1 aliphatic carbocycles. The summed E-state index contributed by atoms with van der Waals surface area (Å²) in [6, 6.07) is 10.7. The summed E-state index contributed by atoms with van der Waals surface area (Å²) in [5.41, 5.74) is 0.818. The number of ether oxygens (including phenoxy) is 2. The summed E-state index contributed by atoms with van der Waals surface area (Å²) in [6.45, 7) is 6.57. The second kappa shape index (κ2) is 9.52. The lowest BCUT2D eigenvalue weighted by Crippen LogP contribution is -2.47. The van der Waals surface area contributed by atoms with Crippen molar-refractivity contribution in [3.05, 3.63) is 35.9 Å². The van der Waals surface area contributed by atoms with E-state index in [2.05, 4.69) is 36.2 Å². The Morgan fingerprint density at radius 3 is 2.35 bits per heavy atom. The number of esters is 1. The SMILES string of the molecule is COC(CC(=O)OC(C)(C)C)C(C1CCCC1)N(C)Cc1ccccc1. The minimum Gasteiger partial charge on any atom is -0.460 e. The summed E-state index contributed by atoms with van der Waals surface area (Å²) in [5.74, 6) is 0.386. The predicted molar refractivity (Wildman–Crippen MR) is 105 cm³/mol. The van der Waals surface area contributed by atoms with Crippen LogP contribution in [0.15, 0.2) is 30.3 Å². The number of hydrogen-bond donors (Lipinski definition) is 0. The van der Waals surface area contributed by atoms with E-state index in [0.29, 0.717) is 12.3 Å². The normalized spacial score (nSPS) is 18.1. The molecule has 1 saturated carbocycles. The fraction of sp³-hybridized carbons (Fsp3) is 0.682. The topological polar surface area (TPSA) is 38.8 Å². The number of nitrogens with zero attached hydrogens (tertiary/aromatic N) is 1. The lowest BCUT2D eigenvalue weighted by Gasteiger charge is -2.38. The van der Waals surface area contributed by atoms with E-state index in [9.17, 15) is 4.79 Å². The summed E-state index contributed by atoms with van der Waals surface area (Å²) in [5, 5.41) is 0. The van der Waals surface area contributed by atoms with Gasteiger partial charge in [-0.2, -0.15) is 0 Å². The maximum absolute atomic E-state index is 12.4. The number of carbonyl (C=O) groups excluding carboxylic acids is 1. The maximum atomic E-state index is 12.4. The molecule has 0 heterocycles. The number of likely N-dealkylation sites (N-methyl/N-ethyl adjacent to an activating group) is 1. The molecule has 1 aromatic rings. The van der Waals surface area contributed by atoms with Crippen LogP contribution in [0.5, 0.6) is 0 Å². The molecule has 0 aromatic heterocycles. The van der Waals surface area contributed by atoms with E-state index in [1.807, 2.05) is 26.8 Å². The van der Waals surface area contributed by atoms with Crippen molar-refractivity contribution >= 4 is 5.97 Å². The van der Waals surface area contributed by atoms with E-state index >= 15 is 0 Å². The number of benzene rings is 1. The third kappa shape index (κ3) is 6.40. The molecule has 1 aliphatic rings. The number of carbonyl (C=O) groups is 1. The second-order valence-corrected chi connectivity index (χ2v) is 8.50. The zero-order valence-corrected chi connectivity index (χ0v) is 17.0. The Kier molecular flexibility index (Phi) is 7.66. The minimum atomic E-state index is -0.464. The molecule has 0 amide bonds. The summed E-state index contributed by atoms with van der Waals surface area (Å²) >= 11 is 0. The van der Waals surface area contributed by atoms with Gasteiger partial charge in [0, 0.05) is 19.7 Å². The Labute approximate surface area is 158 Å². The molecule has 26 heavy (non-hydrogen) atoms. The van der Waals surface area contributed by atoms with Gasteiger partial charge in [-0.1, -0.05) is 43.2 Å². The average Bonchev–Trinajstić information content (AvgIpc) is 3.07. The number of rotatable bonds is 8. The first-order valence-corrected chi connectivity index (χ1v) is 9.79. The van der Waals surface area contributed by atoms with Gasteiger partial charge in [0.1, 0.15) is 5.60 Å². The monoisotopic (exact) mass is 361 g/mol. The van der Waals surface area contributed by atoms with Crippen LogP contribution in [0.4, 0.5) is 0 Å². The van der Waals surface area contributed by atoms with Crippen LogP contribution in [0.25, 0.3) is 0 Å². The van der Waals surface area contributed by atoms with E-state index in [0.717, 1.165) is 6.54 Å². The first-order valence-electron chi connectivity index (χ1n) is 9.79. The van der Waals surface area contributed by atoms with Crippen LogP contribution < -0.4 is 0 Å².